The molecule has 0 amide bonds. The van der Waals surface area contributed by atoms with Gasteiger partial charge in [0.2, 0.25) is 0 Å². The number of nitrogens with two attached hydrogens (primary N) is 1. The molecule has 2 nitrogen and oxygen atoms in total. The van der Waals surface area contributed by atoms with Crippen LogP contribution in [-0.4, -0.2) is 13.1 Å². The number of nitrogens with zero attached hydrogens (tertiary/aromatic N) is 1. The molecule has 1 aromatic carbocycles. The highest BCUT2D eigenvalue weighted by Crippen LogP contribution is 2.27. The molecule has 0 aliphatic rings. The molecule has 0 aliphatic heterocycles. The lowest BCUT2D eigenvalue weighted by atomic mass is 10.1. The van der Waals surface area contributed by atoms with E-state index in [1.54, 1.807) is 0 Å². The van der Waals surface area contributed by atoms with Crippen LogP contribution in [0.5, 0.6) is 0 Å². The van der Waals surface area contributed by atoms with E-state index in [1.807, 2.05) is 19.1 Å². The molecular weight excluding hydrogens is 232 g/mol. The lowest BCUT2D eigenvalue weighted by molar-refractivity contribution is 0.618. The van der Waals surface area contributed by atoms with Crippen LogP contribution in [0, 0.1) is 5.92 Å². The lowest BCUT2D eigenvalue weighted by Crippen LogP contribution is -2.27. The van der Waals surface area contributed by atoms with Gasteiger partial charge in [-0.2, -0.15) is 0 Å². The largest absolute Gasteiger partial charge is 0.372 e. The summed E-state index contributed by atoms with van der Waals surface area (Å²) >= 11 is 6.26. The van der Waals surface area contributed by atoms with Crippen LogP contribution < -0.4 is 10.6 Å². The molecule has 3 heteroatoms. The summed E-state index contributed by atoms with van der Waals surface area (Å²) < 4.78 is 0. The summed E-state index contributed by atoms with van der Waals surface area (Å²) in [6, 6.07) is 6.14. The number of halogens is 1. The molecule has 2 N–H and O–H groups in total. The van der Waals surface area contributed by atoms with E-state index in [2.05, 4.69) is 31.7 Å². The van der Waals surface area contributed by atoms with Gasteiger partial charge in [-0.1, -0.05) is 31.5 Å². The topological polar surface area (TPSA) is 29.3 Å². The van der Waals surface area contributed by atoms with Crippen molar-refractivity contribution in [3.05, 3.63) is 28.8 Å². The Balaban J connectivity index is 2.94. The first-order valence-corrected chi connectivity index (χ1v) is 6.63. The zero-order valence-corrected chi connectivity index (χ0v) is 12.0. The first kappa shape index (κ1) is 14.3. The highest BCUT2D eigenvalue weighted by molar-refractivity contribution is 6.31. The zero-order valence-electron chi connectivity index (χ0n) is 11.2. The van der Waals surface area contributed by atoms with Crippen LogP contribution in [0.15, 0.2) is 18.2 Å². The van der Waals surface area contributed by atoms with Crippen LogP contribution in [0.4, 0.5) is 5.69 Å². The van der Waals surface area contributed by atoms with Crippen LogP contribution in [-0.2, 0) is 0 Å². The Morgan fingerprint density at radius 1 is 1.29 bits per heavy atom. The van der Waals surface area contributed by atoms with Gasteiger partial charge in [-0.05, 0) is 37.5 Å². The van der Waals surface area contributed by atoms with E-state index in [4.69, 9.17) is 17.3 Å². The Bertz CT molecular complexity index is 361. The van der Waals surface area contributed by atoms with Crippen molar-refractivity contribution >= 4 is 17.3 Å². The van der Waals surface area contributed by atoms with Crippen molar-refractivity contribution in [2.75, 3.05) is 18.0 Å². The zero-order chi connectivity index (χ0) is 13.0. The molecule has 0 saturated carbocycles. The van der Waals surface area contributed by atoms with Gasteiger partial charge < -0.3 is 10.6 Å². The molecule has 1 atom stereocenters. The van der Waals surface area contributed by atoms with Crippen molar-refractivity contribution in [2.24, 2.45) is 11.7 Å². The number of anilines is 1. The Morgan fingerprint density at radius 2 is 1.94 bits per heavy atom. The highest BCUT2D eigenvalue weighted by Gasteiger charge is 2.10. The van der Waals surface area contributed by atoms with E-state index in [1.165, 1.54) is 5.69 Å². The summed E-state index contributed by atoms with van der Waals surface area (Å²) in [5.41, 5.74) is 8.04. The average molecular weight is 255 g/mol. The predicted molar refractivity (Wildman–Crippen MR) is 76.8 cm³/mol. The smallest absolute Gasteiger partial charge is 0.0474 e. The highest BCUT2D eigenvalue weighted by atomic mass is 35.5. The molecule has 0 bridgehead atoms. The maximum Gasteiger partial charge on any atom is 0.0474 e. The summed E-state index contributed by atoms with van der Waals surface area (Å²) in [4.78, 5) is 2.33. The lowest BCUT2D eigenvalue weighted by Gasteiger charge is -2.26. The van der Waals surface area contributed by atoms with E-state index in [-0.39, 0.29) is 6.04 Å². The predicted octanol–water partition coefficient (Wildman–Crippen LogP) is 3.84. The van der Waals surface area contributed by atoms with E-state index in [0.29, 0.717) is 5.92 Å². The molecule has 0 saturated heterocycles. The van der Waals surface area contributed by atoms with Crippen molar-refractivity contribution in [1.82, 2.24) is 0 Å². The van der Waals surface area contributed by atoms with Crippen molar-refractivity contribution < 1.29 is 0 Å². The number of rotatable bonds is 5. The molecule has 0 radical (unpaired) electrons. The van der Waals surface area contributed by atoms with Crippen LogP contribution >= 0.6 is 11.6 Å². The molecule has 96 valence electrons. The monoisotopic (exact) mass is 254 g/mol. The van der Waals surface area contributed by atoms with E-state index < -0.39 is 0 Å². The standard InChI is InChI=1S/C14H23ClN2/c1-5-17(9-10(2)3)12-6-7-13(11(4)16)14(15)8-12/h6-8,10-11H,5,9,16H2,1-4H3. The molecule has 1 unspecified atom stereocenters. The van der Waals surface area contributed by atoms with Gasteiger partial charge in [0.15, 0.2) is 0 Å². The molecule has 0 fully saturated rings. The Hall–Kier alpha value is -0.730. The number of hydrogen-bond donors (Lipinski definition) is 1. The quantitative estimate of drug-likeness (QED) is 0.865. The third kappa shape index (κ3) is 3.90. The normalized spacial score (nSPS) is 12.9. The van der Waals surface area contributed by atoms with Crippen LogP contribution in [0.3, 0.4) is 0 Å². The van der Waals surface area contributed by atoms with Gasteiger partial charge in [-0.3, -0.25) is 0 Å². The average Bonchev–Trinajstić information content (AvgIpc) is 2.24. The summed E-state index contributed by atoms with van der Waals surface area (Å²) in [7, 11) is 0. The Morgan fingerprint density at radius 3 is 2.35 bits per heavy atom. The second-order valence-electron chi connectivity index (χ2n) is 4.93. The Kier molecular flexibility index (Phi) is 5.29. The molecule has 0 heterocycles. The second-order valence-corrected chi connectivity index (χ2v) is 5.33. The van der Waals surface area contributed by atoms with Crippen molar-refractivity contribution in [3.8, 4) is 0 Å². The maximum absolute atomic E-state index is 6.26. The van der Waals surface area contributed by atoms with Crippen molar-refractivity contribution in [3.63, 3.8) is 0 Å². The molecule has 0 spiro atoms. The Labute approximate surface area is 110 Å². The van der Waals surface area contributed by atoms with Crippen LogP contribution in [0.2, 0.25) is 5.02 Å². The fourth-order valence-electron chi connectivity index (χ4n) is 1.94. The van der Waals surface area contributed by atoms with Crippen molar-refractivity contribution in [2.45, 2.75) is 33.7 Å². The third-order valence-corrected chi connectivity index (χ3v) is 3.13. The first-order chi connectivity index (χ1) is 7.95. The molecule has 17 heavy (non-hydrogen) atoms. The second kappa shape index (κ2) is 6.27. The van der Waals surface area contributed by atoms with Gasteiger partial charge in [-0.15, -0.1) is 0 Å². The van der Waals surface area contributed by atoms with E-state index in [0.717, 1.165) is 23.7 Å². The maximum atomic E-state index is 6.26. The fourth-order valence-corrected chi connectivity index (χ4v) is 2.29. The SMILES string of the molecule is CCN(CC(C)C)c1ccc(C(C)N)c(Cl)c1. The molecular formula is C14H23ClN2. The first-order valence-electron chi connectivity index (χ1n) is 6.25. The summed E-state index contributed by atoms with van der Waals surface area (Å²) in [5.74, 6) is 0.641. The fraction of sp³-hybridized carbons (Fsp3) is 0.571. The van der Waals surface area contributed by atoms with Gasteiger partial charge in [0.1, 0.15) is 0 Å². The van der Waals surface area contributed by atoms with Crippen molar-refractivity contribution in [1.29, 1.82) is 0 Å². The minimum Gasteiger partial charge on any atom is -0.372 e. The minimum absolute atomic E-state index is 0.0169. The van der Waals surface area contributed by atoms with Gasteiger partial charge in [-0.25, -0.2) is 0 Å². The summed E-state index contributed by atoms with van der Waals surface area (Å²) in [5, 5.41) is 0.764. The third-order valence-electron chi connectivity index (χ3n) is 2.81. The minimum atomic E-state index is -0.0169. The van der Waals surface area contributed by atoms with Gasteiger partial charge >= 0.3 is 0 Å². The molecule has 1 rings (SSSR count). The van der Waals surface area contributed by atoms with E-state index in [9.17, 15) is 0 Å². The number of benzene rings is 1. The molecule has 1 aromatic rings. The summed E-state index contributed by atoms with van der Waals surface area (Å²) in [6.07, 6.45) is 0. The van der Waals surface area contributed by atoms with Gasteiger partial charge in [0.25, 0.3) is 0 Å². The van der Waals surface area contributed by atoms with Crippen LogP contribution in [0.1, 0.15) is 39.3 Å². The van der Waals surface area contributed by atoms with Gasteiger partial charge in [0, 0.05) is 29.8 Å². The molecule has 0 aliphatic carbocycles. The van der Waals surface area contributed by atoms with Gasteiger partial charge in [0.05, 0.1) is 0 Å². The van der Waals surface area contributed by atoms with Crippen LogP contribution in [0.25, 0.3) is 0 Å². The molecule has 0 aromatic heterocycles. The summed E-state index contributed by atoms with van der Waals surface area (Å²) in [6.45, 7) is 10.6. The number of hydrogen-bond acceptors (Lipinski definition) is 2. The van der Waals surface area contributed by atoms with E-state index >= 15 is 0 Å².